The zero-order chi connectivity index (χ0) is 21.8. The molecule has 1 saturated heterocycles. The van der Waals surface area contributed by atoms with Crippen molar-refractivity contribution in [2.45, 2.75) is 24.0 Å². The van der Waals surface area contributed by atoms with Gasteiger partial charge in [0.25, 0.3) is 0 Å². The van der Waals surface area contributed by atoms with Crippen LogP contribution in [-0.2, 0) is 16.1 Å². The molecule has 0 radical (unpaired) electrons. The number of nitrogens with one attached hydrogen (secondary N) is 1. The Labute approximate surface area is 183 Å². The van der Waals surface area contributed by atoms with E-state index in [2.05, 4.69) is 15.5 Å². The molecule has 0 spiro atoms. The summed E-state index contributed by atoms with van der Waals surface area (Å²) in [5.41, 5.74) is 1.82. The lowest BCUT2D eigenvalue weighted by Gasteiger charge is -2.16. The third kappa shape index (κ3) is 4.77. The largest absolute Gasteiger partial charge is 0.347 e. The lowest BCUT2D eigenvalue weighted by Crippen LogP contribution is -2.38. The summed E-state index contributed by atoms with van der Waals surface area (Å²) in [6, 6.07) is 15.9. The van der Waals surface area contributed by atoms with Crippen LogP contribution >= 0.6 is 11.8 Å². The van der Waals surface area contributed by atoms with Crippen LogP contribution in [0.4, 0.5) is 4.39 Å². The number of hydrogen-bond donors (Lipinski definition) is 1. The molecule has 31 heavy (non-hydrogen) atoms. The Kier molecular flexibility index (Phi) is 6.31. The maximum Gasteiger partial charge on any atom is 0.240 e. The Morgan fingerprint density at radius 2 is 1.90 bits per heavy atom. The van der Waals surface area contributed by atoms with Gasteiger partial charge in [0.1, 0.15) is 5.82 Å². The Bertz CT molecular complexity index is 1070. The van der Waals surface area contributed by atoms with Crippen LogP contribution in [0.2, 0.25) is 0 Å². The highest BCUT2D eigenvalue weighted by molar-refractivity contribution is 7.98. The first kappa shape index (κ1) is 21.0. The van der Waals surface area contributed by atoms with Gasteiger partial charge >= 0.3 is 0 Å². The van der Waals surface area contributed by atoms with E-state index < -0.39 is 0 Å². The second-order valence-corrected chi connectivity index (χ2v) is 8.05. The number of aromatic nitrogens is 3. The van der Waals surface area contributed by atoms with E-state index in [0.29, 0.717) is 29.6 Å². The van der Waals surface area contributed by atoms with E-state index in [9.17, 15) is 14.0 Å². The molecule has 2 aromatic carbocycles. The van der Waals surface area contributed by atoms with Gasteiger partial charge in [-0.15, -0.1) is 10.2 Å². The number of carbonyl (C=O) groups excluding carboxylic acids is 2. The zero-order valence-corrected chi connectivity index (χ0v) is 17.8. The van der Waals surface area contributed by atoms with Crippen LogP contribution in [0.15, 0.2) is 59.8 Å². The smallest absolute Gasteiger partial charge is 0.240 e. The minimum Gasteiger partial charge on any atom is -0.347 e. The number of nitrogens with zero attached hydrogens (tertiary/aromatic N) is 4. The lowest BCUT2D eigenvalue weighted by molar-refractivity contribution is -0.133. The molecule has 2 heterocycles. The Hall–Kier alpha value is -3.20. The topological polar surface area (TPSA) is 80.1 Å². The molecule has 1 aliphatic rings. The van der Waals surface area contributed by atoms with Crippen LogP contribution in [0.3, 0.4) is 0 Å². The molecule has 1 aliphatic heterocycles. The molecule has 1 atom stereocenters. The van der Waals surface area contributed by atoms with Crippen molar-refractivity contribution in [3.05, 3.63) is 71.8 Å². The molecule has 3 aromatic rings. The van der Waals surface area contributed by atoms with Crippen LogP contribution in [0, 0.1) is 5.82 Å². The van der Waals surface area contributed by atoms with Gasteiger partial charge in [-0.2, -0.15) is 0 Å². The first-order valence-corrected chi connectivity index (χ1v) is 11.1. The van der Waals surface area contributed by atoms with Gasteiger partial charge in [0.05, 0.1) is 13.1 Å². The lowest BCUT2D eigenvalue weighted by atomic mass is 9.99. The van der Waals surface area contributed by atoms with Crippen molar-refractivity contribution in [2.75, 3.05) is 19.3 Å². The summed E-state index contributed by atoms with van der Waals surface area (Å²) in [5.74, 6) is 0.0115. The summed E-state index contributed by atoms with van der Waals surface area (Å²) >= 11 is 1.40. The van der Waals surface area contributed by atoms with E-state index in [0.717, 1.165) is 5.56 Å². The molecule has 1 N–H and O–H groups in total. The maximum atomic E-state index is 13.3. The van der Waals surface area contributed by atoms with Gasteiger partial charge in [0.15, 0.2) is 11.0 Å². The summed E-state index contributed by atoms with van der Waals surface area (Å²) in [6.07, 6.45) is 2.28. The number of hydrogen-bond acceptors (Lipinski definition) is 5. The van der Waals surface area contributed by atoms with E-state index >= 15 is 0 Å². The molecule has 160 valence electrons. The summed E-state index contributed by atoms with van der Waals surface area (Å²) in [6.45, 7) is 0.675. The third-order valence-corrected chi connectivity index (χ3v) is 5.86. The fraction of sp³-hybridized carbons (Fsp3) is 0.273. The van der Waals surface area contributed by atoms with Crippen LogP contribution in [0.5, 0.6) is 0 Å². The van der Waals surface area contributed by atoms with E-state index in [-0.39, 0.29) is 36.6 Å². The second kappa shape index (κ2) is 9.30. The number of halogens is 1. The average Bonchev–Trinajstić information content (AvgIpc) is 3.36. The SMILES string of the molecule is CSc1nnc(CNC(=O)CN2C[C@H](c3ccccc3)CC2=O)n1-c1ccc(F)cc1. The highest BCUT2D eigenvalue weighted by Gasteiger charge is 2.31. The predicted molar refractivity (Wildman–Crippen MR) is 115 cm³/mol. The number of thioether (sulfide) groups is 1. The molecule has 9 heteroatoms. The Morgan fingerprint density at radius 3 is 2.61 bits per heavy atom. The summed E-state index contributed by atoms with van der Waals surface area (Å²) in [7, 11) is 0. The quantitative estimate of drug-likeness (QED) is 0.573. The van der Waals surface area contributed by atoms with Gasteiger partial charge in [-0.25, -0.2) is 4.39 Å². The monoisotopic (exact) mass is 439 g/mol. The van der Waals surface area contributed by atoms with Crippen molar-refractivity contribution < 1.29 is 14.0 Å². The first-order valence-electron chi connectivity index (χ1n) is 9.89. The first-order chi connectivity index (χ1) is 15.0. The van der Waals surface area contributed by atoms with Crippen LogP contribution in [0.25, 0.3) is 5.69 Å². The maximum absolute atomic E-state index is 13.3. The average molecular weight is 440 g/mol. The summed E-state index contributed by atoms with van der Waals surface area (Å²) < 4.78 is 15.1. The molecule has 2 amide bonds. The van der Waals surface area contributed by atoms with Crippen molar-refractivity contribution in [3.8, 4) is 5.69 Å². The fourth-order valence-corrected chi connectivity index (χ4v) is 4.19. The molecule has 1 fully saturated rings. The Morgan fingerprint density at radius 1 is 1.16 bits per heavy atom. The standard InChI is InChI=1S/C22H22FN5O2S/c1-31-22-26-25-19(28(22)18-9-7-17(23)8-10-18)12-24-20(29)14-27-13-16(11-21(27)30)15-5-3-2-4-6-15/h2-10,16H,11-14H2,1H3,(H,24,29)/t16-/m1/s1. The Balaban J connectivity index is 1.39. The molecular weight excluding hydrogens is 417 g/mol. The highest BCUT2D eigenvalue weighted by atomic mass is 32.2. The van der Waals surface area contributed by atoms with E-state index in [1.807, 2.05) is 36.6 Å². The molecule has 0 aliphatic carbocycles. The number of rotatable bonds is 7. The molecular formula is C22H22FN5O2S. The van der Waals surface area contributed by atoms with E-state index in [1.54, 1.807) is 21.6 Å². The van der Waals surface area contributed by atoms with Gasteiger partial charge in [0.2, 0.25) is 11.8 Å². The van der Waals surface area contributed by atoms with Gasteiger partial charge in [-0.1, -0.05) is 42.1 Å². The third-order valence-electron chi connectivity index (χ3n) is 5.23. The molecule has 0 saturated carbocycles. The van der Waals surface area contributed by atoms with Crippen molar-refractivity contribution in [3.63, 3.8) is 0 Å². The van der Waals surface area contributed by atoms with Gasteiger partial charge in [0, 0.05) is 24.6 Å². The normalized spacial score (nSPS) is 16.0. The molecule has 4 rings (SSSR count). The molecule has 0 bridgehead atoms. The fourth-order valence-electron chi connectivity index (χ4n) is 3.68. The zero-order valence-electron chi connectivity index (χ0n) is 17.0. The molecule has 7 nitrogen and oxygen atoms in total. The molecule has 1 aromatic heterocycles. The van der Waals surface area contributed by atoms with Crippen LogP contribution in [-0.4, -0.2) is 50.8 Å². The summed E-state index contributed by atoms with van der Waals surface area (Å²) in [4.78, 5) is 26.5. The second-order valence-electron chi connectivity index (χ2n) is 7.28. The number of benzene rings is 2. The van der Waals surface area contributed by atoms with Gasteiger partial charge < -0.3 is 10.2 Å². The molecule has 0 unspecified atom stereocenters. The number of carbonyl (C=O) groups is 2. The number of likely N-dealkylation sites (tertiary alicyclic amines) is 1. The van der Waals surface area contributed by atoms with Crippen molar-refractivity contribution in [1.82, 2.24) is 25.0 Å². The van der Waals surface area contributed by atoms with Gasteiger partial charge in [-0.3, -0.25) is 14.2 Å². The highest BCUT2D eigenvalue weighted by Crippen LogP contribution is 2.27. The predicted octanol–water partition coefficient (Wildman–Crippen LogP) is 2.76. The minimum atomic E-state index is -0.332. The number of amides is 2. The van der Waals surface area contributed by atoms with Crippen molar-refractivity contribution in [1.29, 1.82) is 0 Å². The van der Waals surface area contributed by atoms with E-state index in [1.165, 1.54) is 23.9 Å². The van der Waals surface area contributed by atoms with E-state index in [4.69, 9.17) is 0 Å². The van der Waals surface area contributed by atoms with Crippen LogP contribution in [0.1, 0.15) is 23.7 Å². The van der Waals surface area contributed by atoms with Gasteiger partial charge in [-0.05, 0) is 36.1 Å². The van der Waals surface area contributed by atoms with Crippen molar-refractivity contribution in [2.24, 2.45) is 0 Å². The summed E-state index contributed by atoms with van der Waals surface area (Å²) in [5, 5.41) is 11.8. The van der Waals surface area contributed by atoms with Crippen molar-refractivity contribution >= 4 is 23.6 Å². The minimum absolute atomic E-state index is 0.00222. The van der Waals surface area contributed by atoms with Crippen LogP contribution < -0.4 is 5.32 Å².